The Balaban J connectivity index is 0.668. The highest BCUT2D eigenvalue weighted by Crippen LogP contribution is 2.36. The second kappa shape index (κ2) is 24.3. The van der Waals surface area contributed by atoms with Crippen molar-refractivity contribution in [1.82, 2.24) is 25.0 Å². The van der Waals surface area contributed by atoms with E-state index in [4.69, 9.17) is 9.47 Å². The van der Waals surface area contributed by atoms with Gasteiger partial charge >= 0.3 is 5.97 Å². The summed E-state index contributed by atoms with van der Waals surface area (Å²) in [6.45, 7) is 7.33. The second-order valence-corrected chi connectivity index (χ2v) is 21.2. The average Bonchev–Trinajstić information content (AvgIpc) is 3.43. The summed E-state index contributed by atoms with van der Waals surface area (Å²) in [7, 11) is 0. The Hall–Kier alpha value is -6.06. The minimum Gasteiger partial charge on any atom is -0.506 e. The average molecular weight is 996 g/mol. The number of aliphatic hydroxyl groups is 2. The molecule has 3 saturated heterocycles. The predicted octanol–water partition coefficient (Wildman–Crippen LogP) is 7.30. The van der Waals surface area contributed by atoms with Crippen molar-refractivity contribution in [2.75, 3.05) is 65.6 Å². The van der Waals surface area contributed by atoms with E-state index < -0.39 is 17.7 Å². The van der Waals surface area contributed by atoms with E-state index in [2.05, 4.69) is 39.5 Å². The molecule has 5 aromatic rings. The molecule has 1 aromatic heterocycles. The molecule has 0 bridgehead atoms. The highest BCUT2D eigenvalue weighted by Gasteiger charge is 2.43. The number of nitrogens with one attached hydrogen (secondary N) is 2. The topological polar surface area (TPSA) is 185 Å². The third-order valence-electron chi connectivity index (χ3n) is 16.2. The van der Waals surface area contributed by atoms with Crippen molar-refractivity contribution in [3.05, 3.63) is 142 Å². The number of hydrogen-bond acceptors (Lipinski definition) is 11. The Kier molecular flexibility index (Phi) is 17.3. The van der Waals surface area contributed by atoms with Crippen LogP contribution in [0.5, 0.6) is 11.5 Å². The van der Waals surface area contributed by atoms with Crippen LogP contribution in [0.2, 0.25) is 0 Å². The number of aromatic hydroxyl groups is 1. The van der Waals surface area contributed by atoms with Crippen molar-refractivity contribution in [2.24, 2.45) is 29.6 Å². The number of nitrogens with zero attached hydrogens (tertiary/aromatic N) is 3. The number of phenolic OH excluding ortho intramolecular Hbond substituents is 1. The van der Waals surface area contributed by atoms with Gasteiger partial charge in [0.05, 0.1) is 24.8 Å². The maximum absolute atomic E-state index is 14.0. The molecule has 1 unspecified atom stereocenters. The van der Waals surface area contributed by atoms with Crippen molar-refractivity contribution in [1.29, 1.82) is 0 Å². The van der Waals surface area contributed by atoms with Gasteiger partial charge in [0.1, 0.15) is 11.5 Å². The summed E-state index contributed by atoms with van der Waals surface area (Å²) in [5, 5.41) is 37.4. The fraction of sp³-hybridized carbons (Fsp3) is 0.492. The number of carbonyl (C=O) groups is 3. The molecule has 73 heavy (non-hydrogen) atoms. The standard InChI is InChI=1S/C59H73N5O9/c65-52-20-18-50(51-19-21-54(67)61-56(51)52)53(66)37-60-36-42-24-32-64(33-25-42)57(69)46-16-14-41(15-17-46)34-55(68)63-30-26-45(27-31-63)39-72-49-13-7-12-48(35-49)59(71,47-10-5-2-6-11-47)58(70)73-40-44-22-28-62(29-23-44)38-43-8-3-1-4-9-43/h1-13,18-21,35,41-42,44-46,53,60,65-66,71H,14-17,22-34,36-40H2,(H,61,67)/t41?,46?,53-,59?/m0/s1. The fourth-order valence-electron chi connectivity index (χ4n) is 11.6. The van der Waals surface area contributed by atoms with E-state index in [1.165, 1.54) is 17.7 Å². The van der Waals surface area contributed by atoms with E-state index in [0.29, 0.717) is 71.9 Å². The van der Waals surface area contributed by atoms with Gasteiger partial charge in [-0.15, -0.1) is 0 Å². The van der Waals surface area contributed by atoms with E-state index in [1.807, 2.05) is 40.1 Å². The molecular weight excluding hydrogens is 923 g/mol. The van der Waals surface area contributed by atoms with Crippen molar-refractivity contribution in [2.45, 2.75) is 88.9 Å². The van der Waals surface area contributed by atoms with Crippen molar-refractivity contribution in [3.8, 4) is 11.5 Å². The number of amides is 2. The number of aromatic nitrogens is 1. The normalized spacial score (nSPS) is 20.8. The van der Waals surface area contributed by atoms with Crippen LogP contribution < -0.4 is 15.6 Å². The minimum absolute atomic E-state index is 0.00736. The number of phenols is 1. The minimum atomic E-state index is -2.01. The van der Waals surface area contributed by atoms with E-state index in [-0.39, 0.29) is 53.4 Å². The van der Waals surface area contributed by atoms with E-state index in [9.17, 15) is 34.5 Å². The third-order valence-corrected chi connectivity index (χ3v) is 16.2. The number of carbonyl (C=O) groups excluding carboxylic acids is 3. The summed E-state index contributed by atoms with van der Waals surface area (Å²) in [5.41, 5.74) is 0.735. The number of likely N-dealkylation sites (tertiary alicyclic amines) is 3. The van der Waals surface area contributed by atoms with Gasteiger partial charge < -0.3 is 44.9 Å². The van der Waals surface area contributed by atoms with Gasteiger partial charge in [-0.05, 0) is 148 Å². The Morgan fingerprint density at radius 1 is 0.685 bits per heavy atom. The molecule has 388 valence electrons. The molecule has 1 saturated carbocycles. The number of esters is 1. The number of piperidine rings is 3. The number of aromatic amines is 1. The molecule has 5 N–H and O–H groups in total. The molecule has 4 aromatic carbocycles. The maximum atomic E-state index is 14.0. The van der Waals surface area contributed by atoms with Crippen molar-refractivity contribution < 1.29 is 39.2 Å². The van der Waals surface area contributed by atoms with Gasteiger partial charge in [-0.2, -0.15) is 0 Å². The van der Waals surface area contributed by atoms with Gasteiger partial charge in [-0.3, -0.25) is 19.3 Å². The lowest BCUT2D eigenvalue weighted by molar-refractivity contribution is -0.164. The Bertz CT molecular complexity index is 2670. The van der Waals surface area contributed by atoms with Crippen LogP contribution in [0.1, 0.15) is 99.0 Å². The molecule has 4 aliphatic rings. The van der Waals surface area contributed by atoms with Crippen molar-refractivity contribution in [3.63, 3.8) is 0 Å². The van der Waals surface area contributed by atoms with Gasteiger partial charge in [0.15, 0.2) is 0 Å². The van der Waals surface area contributed by atoms with Crippen LogP contribution in [0.3, 0.4) is 0 Å². The van der Waals surface area contributed by atoms with Crippen LogP contribution in [0.25, 0.3) is 10.9 Å². The monoisotopic (exact) mass is 996 g/mol. The Labute approximate surface area is 428 Å². The SMILES string of the molecule is O=C(CC1CCC(C(=O)N2CCC(CNC[C@H](O)c3ccc(O)c4[nH]c(=O)ccc34)CC2)CC1)N1CCC(COc2cccc(C(O)(C(=O)OCC3CCN(Cc4ccccc4)CC3)c3ccccc3)c2)CC1. The molecule has 2 atom stereocenters. The quantitative estimate of drug-likeness (QED) is 0.0556. The van der Waals surface area contributed by atoms with Crippen LogP contribution in [0, 0.1) is 29.6 Å². The maximum Gasteiger partial charge on any atom is 0.347 e. The lowest BCUT2D eigenvalue weighted by Gasteiger charge is -2.37. The molecule has 2 amide bonds. The smallest absolute Gasteiger partial charge is 0.347 e. The molecule has 1 aliphatic carbocycles. The van der Waals surface area contributed by atoms with Crippen LogP contribution in [0.15, 0.2) is 114 Å². The first kappa shape index (κ1) is 51.8. The highest BCUT2D eigenvalue weighted by atomic mass is 16.5. The van der Waals surface area contributed by atoms with Crippen LogP contribution >= 0.6 is 0 Å². The second-order valence-electron chi connectivity index (χ2n) is 21.2. The number of pyridine rings is 1. The van der Waals surface area contributed by atoms with Crippen LogP contribution in [-0.4, -0.2) is 118 Å². The number of aliphatic hydroxyl groups excluding tert-OH is 1. The lowest BCUT2D eigenvalue weighted by Crippen LogP contribution is -2.44. The molecule has 4 fully saturated rings. The number of fused-ring (bicyclic) bond motifs is 1. The summed E-state index contributed by atoms with van der Waals surface area (Å²) in [4.78, 5) is 62.0. The zero-order chi connectivity index (χ0) is 50.7. The summed E-state index contributed by atoms with van der Waals surface area (Å²) in [6, 6.07) is 32.7. The molecule has 9 rings (SSSR count). The highest BCUT2D eigenvalue weighted by molar-refractivity contribution is 5.87. The number of rotatable bonds is 18. The largest absolute Gasteiger partial charge is 0.506 e. The number of ether oxygens (including phenoxy) is 2. The first-order chi connectivity index (χ1) is 35.5. The molecule has 14 nitrogen and oxygen atoms in total. The molecular formula is C59H73N5O9. The number of hydrogen-bond donors (Lipinski definition) is 5. The van der Waals surface area contributed by atoms with Crippen molar-refractivity contribution >= 4 is 28.7 Å². The first-order valence-electron chi connectivity index (χ1n) is 26.7. The Morgan fingerprint density at radius 3 is 2.05 bits per heavy atom. The zero-order valence-corrected chi connectivity index (χ0v) is 42.0. The van der Waals surface area contributed by atoms with Gasteiger partial charge in [-0.1, -0.05) is 78.9 Å². The molecule has 0 radical (unpaired) electrons. The van der Waals surface area contributed by atoms with Gasteiger partial charge in [0.25, 0.3) is 0 Å². The summed E-state index contributed by atoms with van der Waals surface area (Å²) >= 11 is 0. The molecule has 4 heterocycles. The van der Waals surface area contributed by atoms with E-state index >= 15 is 0 Å². The number of H-pyrrole nitrogens is 1. The lowest BCUT2D eigenvalue weighted by atomic mass is 9.79. The summed E-state index contributed by atoms with van der Waals surface area (Å²) in [5.74, 6) is 1.43. The van der Waals surface area contributed by atoms with Crippen LogP contribution in [0.4, 0.5) is 0 Å². The molecule has 3 aliphatic heterocycles. The van der Waals surface area contributed by atoms with Crippen LogP contribution in [-0.2, 0) is 31.3 Å². The fourth-order valence-corrected chi connectivity index (χ4v) is 11.6. The first-order valence-corrected chi connectivity index (χ1v) is 26.7. The summed E-state index contributed by atoms with van der Waals surface area (Å²) < 4.78 is 12.3. The van der Waals surface area contributed by atoms with Gasteiger partial charge in [0.2, 0.25) is 23.0 Å². The van der Waals surface area contributed by atoms with E-state index in [0.717, 1.165) is 103 Å². The van der Waals surface area contributed by atoms with E-state index in [1.54, 1.807) is 42.5 Å². The summed E-state index contributed by atoms with van der Waals surface area (Å²) in [6.07, 6.45) is 8.38. The van der Waals surface area contributed by atoms with Gasteiger partial charge in [0, 0.05) is 68.6 Å². The van der Waals surface area contributed by atoms with Gasteiger partial charge in [-0.25, -0.2) is 4.79 Å². The molecule has 14 heteroatoms. The zero-order valence-electron chi connectivity index (χ0n) is 42.0. The third kappa shape index (κ3) is 13.0. The predicted molar refractivity (Wildman–Crippen MR) is 280 cm³/mol. The molecule has 0 spiro atoms. The Morgan fingerprint density at radius 2 is 1.33 bits per heavy atom. The number of benzene rings is 4.